The lowest BCUT2D eigenvalue weighted by atomic mass is 9.87. The van der Waals surface area contributed by atoms with Crippen molar-refractivity contribution in [3.8, 4) is 0 Å². The fourth-order valence-electron chi connectivity index (χ4n) is 4.72. The van der Waals surface area contributed by atoms with Gasteiger partial charge in [-0.25, -0.2) is 0 Å². The van der Waals surface area contributed by atoms with Crippen LogP contribution in [-0.4, -0.2) is 14.9 Å². The van der Waals surface area contributed by atoms with Crippen molar-refractivity contribution in [3.63, 3.8) is 0 Å². The van der Waals surface area contributed by atoms with Gasteiger partial charge in [-0.2, -0.15) is 0 Å². The van der Waals surface area contributed by atoms with Gasteiger partial charge in [0.25, 0.3) is 5.56 Å². The first kappa shape index (κ1) is 20.1. The number of nitrogens with one attached hydrogen (secondary N) is 1. The van der Waals surface area contributed by atoms with Crippen molar-refractivity contribution in [2.45, 2.75) is 44.7 Å². The summed E-state index contributed by atoms with van der Waals surface area (Å²) in [6.45, 7) is 0.502. The summed E-state index contributed by atoms with van der Waals surface area (Å²) in [4.78, 5) is 25.7. The van der Waals surface area contributed by atoms with Crippen LogP contribution in [0.15, 0.2) is 70.1 Å². The second kappa shape index (κ2) is 8.35. The van der Waals surface area contributed by atoms with Crippen molar-refractivity contribution in [1.29, 1.82) is 0 Å². The minimum Gasteiger partial charge on any atom is -0.349 e. The van der Waals surface area contributed by atoms with E-state index >= 15 is 0 Å². The first-order chi connectivity index (χ1) is 15.1. The standard InChI is InChI=1S/C25H24BrN3O2/c26-18-12-13-21-23(16-18)29(25(31)22-10-4-14-28(21)22)15-5-11-24(30)27-20-9-3-7-17-6-1-2-8-19(17)20/h1-2,4,6,8,10,12-14,16,20H,3,5,7,9,11,15H2,(H,27,30)/t20-/m1/s1. The zero-order valence-electron chi connectivity index (χ0n) is 17.2. The normalized spacial score (nSPS) is 15.8. The molecule has 0 spiro atoms. The van der Waals surface area contributed by atoms with Crippen LogP contribution in [0, 0.1) is 0 Å². The highest BCUT2D eigenvalue weighted by Gasteiger charge is 2.21. The van der Waals surface area contributed by atoms with Crippen LogP contribution < -0.4 is 10.9 Å². The topological polar surface area (TPSA) is 55.5 Å². The average molecular weight is 478 g/mol. The van der Waals surface area contributed by atoms with Gasteiger partial charge in [-0.05, 0) is 67.1 Å². The number of hydrogen-bond donors (Lipinski definition) is 1. The lowest BCUT2D eigenvalue weighted by Gasteiger charge is -2.26. The Balaban J connectivity index is 1.33. The maximum atomic E-state index is 13.1. The number of halogens is 1. The number of amides is 1. The molecule has 0 saturated heterocycles. The van der Waals surface area contributed by atoms with Gasteiger partial charge < -0.3 is 14.3 Å². The summed E-state index contributed by atoms with van der Waals surface area (Å²) in [6.07, 6.45) is 6.07. The third-order valence-electron chi connectivity index (χ3n) is 6.19. The van der Waals surface area contributed by atoms with Crippen molar-refractivity contribution >= 4 is 38.4 Å². The maximum absolute atomic E-state index is 13.1. The summed E-state index contributed by atoms with van der Waals surface area (Å²) in [5.74, 6) is 0.0454. The zero-order valence-corrected chi connectivity index (χ0v) is 18.8. The lowest BCUT2D eigenvalue weighted by molar-refractivity contribution is -0.122. The molecule has 1 amide bonds. The second-order valence-corrected chi connectivity index (χ2v) is 9.08. The van der Waals surface area contributed by atoms with Gasteiger partial charge in [0, 0.05) is 23.6 Å². The van der Waals surface area contributed by atoms with Crippen molar-refractivity contribution in [2.75, 3.05) is 0 Å². The number of fused-ring (bicyclic) bond motifs is 4. The summed E-state index contributed by atoms with van der Waals surface area (Å²) in [5, 5.41) is 3.21. The molecule has 5 nitrogen and oxygen atoms in total. The molecule has 1 aliphatic rings. The Morgan fingerprint density at radius 3 is 2.84 bits per heavy atom. The summed E-state index contributed by atoms with van der Waals surface area (Å²) in [5.41, 5.74) is 5.04. The number of nitrogens with zero attached hydrogens (tertiary/aromatic N) is 2. The largest absolute Gasteiger partial charge is 0.349 e. The lowest BCUT2D eigenvalue weighted by Crippen LogP contribution is -2.31. The van der Waals surface area contributed by atoms with Crippen molar-refractivity contribution < 1.29 is 4.79 Å². The molecule has 0 saturated carbocycles. The van der Waals surface area contributed by atoms with Crippen LogP contribution in [0.25, 0.3) is 16.6 Å². The van der Waals surface area contributed by atoms with Crippen molar-refractivity contribution in [2.24, 2.45) is 0 Å². The van der Waals surface area contributed by atoms with Crippen LogP contribution in [0.1, 0.15) is 42.9 Å². The number of rotatable bonds is 5. The summed E-state index contributed by atoms with van der Waals surface area (Å²) < 4.78 is 4.64. The summed E-state index contributed by atoms with van der Waals surface area (Å²) in [6, 6.07) is 18.1. The van der Waals surface area contributed by atoms with Gasteiger partial charge in [0.05, 0.1) is 17.1 Å². The van der Waals surface area contributed by atoms with Crippen LogP contribution in [0.5, 0.6) is 0 Å². The number of benzene rings is 2. The first-order valence-corrected chi connectivity index (χ1v) is 11.6. The maximum Gasteiger partial charge on any atom is 0.275 e. The highest BCUT2D eigenvalue weighted by molar-refractivity contribution is 9.10. The molecule has 1 aliphatic carbocycles. The summed E-state index contributed by atoms with van der Waals surface area (Å²) in [7, 11) is 0. The molecule has 31 heavy (non-hydrogen) atoms. The molecule has 0 radical (unpaired) electrons. The SMILES string of the molecule is O=C(CCCn1c(=O)c2cccn2c2ccc(Br)cc21)N[C@@H]1CCCc2ccccc21. The fraction of sp³-hybridized carbons (Fsp3) is 0.280. The summed E-state index contributed by atoms with van der Waals surface area (Å²) >= 11 is 3.52. The number of hydrogen-bond acceptors (Lipinski definition) is 2. The highest BCUT2D eigenvalue weighted by Crippen LogP contribution is 2.29. The molecule has 5 rings (SSSR count). The van der Waals surface area contributed by atoms with E-state index in [1.807, 2.05) is 47.0 Å². The van der Waals surface area contributed by atoms with Crippen LogP contribution in [0.4, 0.5) is 0 Å². The Hall–Kier alpha value is -2.86. The monoisotopic (exact) mass is 477 g/mol. The highest BCUT2D eigenvalue weighted by atomic mass is 79.9. The fourth-order valence-corrected chi connectivity index (χ4v) is 5.07. The molecule has 2 aromatic carbocycles. The zero-order chi connectivity index (χ0) is 21.4. The van der Waals surface area contributed by atoms with Gasteiger partial charge in [-0.15, -0.1) is 0 Å². The molecule has 158 valence electrons. The predicted octanol–water partition coefficient (Wildman–Crippen LogP) is 4.99. The van der Waals surface area contributed by atoms with Crippen molar-refractivity contribution in [1.82, 2.24) is 14.3 Å². The third kappa shape index (κ3) is 3.81. The molecule has 2 heterocycles. The second-order valence-electron chi connectivity index (χ2n) is 8.17. The van der Waals surface area contributed by atoms with Gasteiger partial charge in [0.1, 0.15) is 5.52 Å². The van der Waals surface area contributed by atoms with Crippen LogP contribution >= 0.6 is 15.9 Å². The Morgan fingerprint density at radius 2 is 1.94 bits per heavy atom. The molecule has 2 aromatic heterocycles. The average Bonchev–Trinajstić information content (AvgIpc) is 3.26. The number of aromatic nitrogens is 2. The van der Waals surface area contributed by atoms with E-state index in [2.05, 4.69) is 39.4 Å². The van der Waals surface area contributed by atoms with E-state index in [0.29, 0.717) is 24.9 Å². The molecule has 6 heteroatoms. The smallest absolute Gasteiger partial charge is 0.275 e. The van der Waals surface area contributed by atoms with E-state index in [9.17, 15) is 9.59 Å². The predicted molar refractivity (Wildman–Crippen MR) is 126 cm³/mol. The van der Waals surface area contributed by atoms with Gasteiger partial charge >= 0.3 is 0 Å². The Morgan fingerprint density at radius 1 is 1.06 bits per heavy atom. The Labute approximate surface area is 188 Å². The van der Waals surface area contributed by atoms with Crippen molar-refractivity contribution in [3.05, 3.63) is 86.7 Å². The molecule has 0 unspecified atom stereocenters. The van der Waals surface area contributed by atoms with Gasteiger partial charge in [0.15, 0.2) is 0 Å². The van der Waals surface area contributed by atoms with E-state index in [1.54, 1.807) is 4.57 Å². The van der Waals surface area contributed by atoms with E-state index in [-0.39, 0.29) is 17.5 Å². The van der Waals surface area contributed by atoms with Gasteiger partial charge in [-0.1, -0.05) is 40.2 Å². The van der Waals surface area contributed by atoms with E-state index < -0.39 is 0 Å². The molecule has 0 fully saturated rings. The molecule has 1 atom stereocenters. The minimum atomic E-state index is -0.0304. The van der Waals surface area contributed by atoms with Crippen LogP contribution in [0.3, 0.4) is 0 Å². The molecule has 1 N–H and O–H groups in total. The van der Waals surface area contributed by atoms with E-state index in [4.69, 9.17) is 0 Å². The molecular weight excluding hydrogens is 454 g/mol. The van der Waals surface area contributed by atoms with Crippen LogP contribution in [-0.2, 0) is 17.8 Å². The number of carbonyl (C=O) groups is 1. The van der Waals surface area contributed by atoms with Gasteiger partial charge in [-0.3, -0.25) is 9.59 Å². The Bertz CT molecular complexity index is 1340. The molecular formula is C25H24BrN3O2. The van der Waals surface area contributed by atoms with Crippen LogP contribution in [0.2, 0.25) is 0 Å². The number of carbonyl (C=O) groups excluding carboxylic acids is 1. The third-order valence-corrected chi connectivity index (χ3v) is 6.68. The number of aryl methyl sites for hydroxylation is 2. The molecule has 0 aliphatic heterocycles. The van der Waals surface area contributed by atoms with Gasteiger partial charge in [0.2, 0.25) is 5.91 Å². The van der Waals surface area contributed by atoms with E-state index in [1.165, 1.54) is 11.1 Å². The molecule has 0 bridgehead atoms. The molecule has 4 aromatic rings. The Kier molecular flexibility index (Phi) is 5.40. The quantitative estimate of drug-likeness (QED) is 0.440. The minimum absolute atomic E-state index is 0.0304. The van der Waals surface area contributed by atoms with E-state index in [0.717, 1.165) is 34.8 Å². The first-order valence-electron chi connectivity index (χ1n) is 10.8.